The topological polar surface area (TPSA) is 58.6 Å². The first-order chi connectivity index (χ1) is 12.5. The van der Waals surface area contributed by atoms with Gasteiger partial charge in [0.1, 0.15) is 5.75 Å². The number of ether oxygens (including phenoxy) is 1. The Hall–Kier alpha value is -2.53. The van der Waals surface area contributed by atoms with E-state index in [1.165, 1.54) is 0 Å². The summed E-state index contributed by atoms with van der Waals surface area (Å²) in [6, 6.07) is 12.3. The SMILES string of the molecule is CC[C@H](C)N1Cc2cc(NC(=O)c3ccc(Cl)cc3)ccc2OCC1=O. The van der Waals surface area contributed by atoms with Crippen molar-refractivity contribution in [2.45, 2.75) is 32.9 Å². The third-order valence-corrected chi connectivity index (χ3v) is 4.81. The number of carbonyl (C=O) groups excluding carboxylic acids is 2. The summed E-state index contributed by atoms with van der Waals surface area (Å²) in [6.07, 6.45) is 0.869. The van der Waals surface area contributed by atoms with E-state index in [9.17, 15) is 9.59 Å². The van der Waals surface area contributed by atoms with E-state index >= 15 is 0 Å². The highest BCUT2D eigenvalue weighted by Crippen LogP contribution is 2.28. The lowest BCUT2D eigenvalue weighted by Gasteiger charge is -2.26. The first-order valence-corrected chi connectivity index (χ1v) is 8.98. The van der Waals surface area contributed by atoms with Gasteiger partial charge in [0.2, 0.25) is 0 Å². The highest BCUT2D eigenvalue weighted by molar-refractivity contribution is 6.30. The van der Waals surface area contributed by atoms with Gasteiger partial charge in [0.25, 0.3) is 11.8 Å². The number of amides is 2. The summed E-state index contributed by atoms with van der Waals surface area (Å²) < 4.78 is 5.62. The summed E-state index contributed by atoms with van der Waals surface area (Å²) in [5.41, 5.74) is 2.06. The Morgan fingerprint density at radius 2 is 2.00 bits per heavy atom. The molecular formula is C20H21ClN2O3. The molecule has 1 aliphatic rings. The average molecular weight is 373 g/mol. The normalized spacial score (nSPS) is 14.9. The van der Waals surface area contributed by atoms with E-state index in [0.29, 0.717) is 28.6 Å². The molecule has 0 saturated carbocycles. The van der Waals surface area contributed by atoms with Crippen molar-refractivity contribution in [2.24, 2.45) is 0 Å². The average Bonchev–Trinajstić information content (AvgIpc) is 2.80. The van der Waals surface area contributed by atoms with Gasteiger partial charge in [0.05, 0.1) is 0 Å². The van der Waals surface area contributed by atoms with E-state index < -0.39 is 0 Å². The molecule has 0 fully saturated rings. The van der Waals surface area contributed by atoms with Crippen LogP contribution in [0.5, 0.6) is 5.75 Å². The second kappa shape index (κ2) is 7.79. The zero-order valence-electron chi connectivity index (χ0n) is 14.8. The number of benzene rings is 2. The number of halogens is 1. The summed E-state index contributed by atoms with van der Waals surface area (Å²) in [7, 11) is 0. The molecule has 0 radical (unpaired) electrons. The fourth-order valence-corrected chi connectivity index (χ4v) is 2.97. The van der Waals surface area contributed by atoms with Gasteiger partial charge in [-0.3, -0.25) is 9.59 Å². The number of rotatable bonds is 4. The van der Waals surface area contributed by atoms with Crippen molar-refractivity contribution < 1.29 is 14.3 Å². The molecule has 1 N–H and O–H groups in total. The maximum absolute atomic E-state index is 12.4. The van der Waals surface area contributed by atoms with Crippen LogP contribution in [0.15, 0.2) is 42.5 Å². The number of hydrogen-bond acceptors (Lipinski definition) is 3. The molecular weight excluding hydrogens is 352 g/mol. The van der Waals surface area contributed by atoms with Crippen LogP contribution in [0.1, 0.15) is 36.2 Å². The van der Waals surface area contributed by atoms with Crippen LogP contribution in [-0.4, -0.2) is 29.4 Å². The van der Waals surface area contributed by atoms with E-state index in [2.05, 4.69) is 5.32 Å². The Kier molecular flexibility index (Phi) is 5.47. The van der Waals surface area contributed by atoms with Gasteiger partial charge >= 0.3 is 0 Å². The molecule has 1 atom stereocenters. The number of carbonyl (C=O) groups is 2. The quantitative estimate of drug-likeness (QED) is 0.878. The number of anilines is 1. The van der Waals surface area contributed by atoms with Gasteiger partial charge in [-0.05, 0) is 55.8 Å². The lowest BCUT2D eigenvalue weighted by atomic mass is 10.1. The van der Waals surface area contributed by atoms with Crippen molar-refractivity contribution >= 4 is 29.1 Å². The minimum Gasteiger partial charge on any atom is -0.483 e. The molecule has 0 saturated heterocycles. The molecule has 136 valence electrons. The summed E-state index contributed by atoms with van der Waals surface area (Å²) in [5.74, 6) is 0.432. The van der Waals surface area contributed by atoms with E-state index in [-0.39, 0.29) is 24.5 Å². The van der Waals surface area contributed by atoms with Crippen LogP contribution in [-0.2, 0) is 11.3 Å². The van der Waals surface area contributed by atoms with Crippen LogP contribution >= 0.6 is 11.6 Å². The minimum atomic E-state index is -0.217. The summed E-state index contributed by atoms with van der Waals surface area (Å²) in [4.78, 5) is 26.5. The number of fused-ring (bicyclic) bond motifs is 1. The Bertz CT molecular complexity index is 820. The molecule has 0 aromatic heterocycles. The van der Waals surface area contributed by atoms with Crippen molar-refractivity contribution in [1.29, 1.82) is 0 Å². The van der Waals surface area contributed by atoms with Crippen LogP contribution in [0.4, 0.5) is 5.69 Å². The van der Waals surface area contributed by atoms with Crippen molar-refractivity contribution in [3.05, 3.63) is 58.6 Å². The molecule has 0 spiro atoms. The van der Waals surface area contributed by atoms with E-state index in [1.807, 2.05) is 24.8 Å². The summed E-state index contributed by atoms with van der Waals surface area (Å²) in [5, 5.41) is 3.46. The standard InChI is InChI=1S/C20H21ClN2O3/c1-3-13(2)23-11-15-10-17(8-9-18(15)26-12-19(23)24)22-20(25)14-4-6-16(21)7-5-14/h4-10,13H,3,11-12H2,1-2H3,(H,22,25)/t13-/m0/s1. The van der Waals surface area contributed by atoms with Crippen molar-refractivity contribution in [3.8, 4) is 5.75 Å². The summed E-state index contributed by atoms with van der Waals surface area (Å²) >= 11 is 5.86. The second-order valence-electron chi connectivity index (χ2n) is 6.35. The second-order valence-corrected chi connectivity index (χ2v) is 6.79. The molecule has 2 aromatic rings. The van der Waals surface area contributed by atoms with Gasteiger partial charge in [-0.2, -0.15) is 0 Å². The van der Waals surface area contributed by atoms with Crippen molar-refractivity contribution in [3.63, 3.8) is 0 Å². The highest BCUT2D eigenvalue weighted by Gasteiger charge is 2.25. The highest BCUT2D eigenvalue weighted by atomic mass is 35.5. The molecule has 1 aliphatic heterocycles. The number of hydrogen-bond donors (Lipinski definition) is 1. The number of nitrogens with one attached hydrogen (secondary N) is 1. The summed E-state index contributed by atoms with van der Waals surface area (Å²) in [6.45, 7) is 4.57. The van der Waals surface area contributed by atoms with Gasteiger partial charge in [-0.15, -0.1) is 0 Å². The molecule has 2 amide bonds. The number of nitrogens with zero attached hydrogens (tertiary/aromatic N) is 1. The van der Waals surface area contributed by atoms with Crippen LogP contribution in [0.25, 0.3) is 0 Å². The fraction of sp³-hybridized carbons (Fsp3) is 0.300. The maximum Gasteiger partial charge on any atom is 0.261 e. The molecule has 2 aromatic carbocycles. The lowest BCUT2D eigenvalue weighted by Crippen LogP contribution is -2.39. The Labute approximate surface area is 157 Å². The van der Waals surface area contributed by atoms with Crippen LogP contribution < -0.4 is 10.1 Å². The van der Waals surface area contributed by atoms with E-state index in [4.69, 9.17) is 16.3 Å². The lowest BCUT2D eigenvalue weighted by molar-refractivity contribution is -0.135. The molecule has 6 heteroatoms. The zero-order chi connectivity index (χ0) is 18.7. The molecule has 5 nitrogen and oxygen atoms in total. The molecule has 0 bridgehead atoms. The van der Waals surface area contributed by atoms with Crippen LogP contribution in [0.3, 0.4) is 0 Å². The van der Waals surface area contributed by atoms with E-state index in [1.54, 1.807) is 36.4 Å². The van der Waals surface area contributed by atoms with Crippen LogP contribution in [0, 0.1) is 0 Å². The predicted octanol–water partition coefficient (Wildman–Crippen LogP) is 4.11. The van der Waals surface area contributed by atoms with Gasteiger partial charge < -0.3 is 15.0 Å². The van der Waals surface area contributed by atoms with Gasteiger partial charge in [-0.1, -0.05) is 18.5 Å². The minimum absolute atomic E-state index is 0.0256. The Morgan fingerprint density at radius 3 is 2.69 bits per heavy atom. The maximum atomic E-state index is 12.4. The third kappa shape index (κ3) is 3.99. The van der Waals surface area contributed by atoms with Crippen molar-refractivity contribution in [1.82, 2.24) is 4.90 Å². The predicted molar refractivity (Wildman–Crippen MR) is 102 cm³/mol. The van der Waals surface area contributed by atoms with Crippen molar-refractivity contribution in [2.75, 3.05) is 11.9 Å². The first-order valence-electron chi connectivity index (χ1n) is 8.60. The monoisotopic (exact) mass is 372 g/mol. The molecule has 1 heterocycles. The largest absolute Gasteiger partial charge is 0.483 e. The smallest absolute Gasteiger partial charge is 0.261 e. The van der Waals surface area contributed by atoms with Gasteiger partial charge in [0.15, 0.2) is 6.61 Å². The molecule has 0 unspecified atom stereocenters. The third-order valence-electron chi connectivity index (χ3n) is 4.56. The fourth-order valence-electron chi connectivity index (χ4n) is 2.84. The molecule has 3 rings (SSSR count). The van der Waals surface area contributed by atoms with Gasteiger partial charge in [-0.25, -0.2) is 0 Å². The zero-order valence-corrected chi connectivity index (χ0v) is 15.5. The molecule has 26 heavy (non-hydrogen) atoms. The van der Waals surface area contributed by atoms with Gasteiger partial charge in [0, 0.05) is 34.4 Å². The molecule has 0 aliphatic carbocycles. The Balaban J connectivity index is 1.80. The van der Waals surface area contributed by atoms with E-state index in [0.717, 1.165) is 12.0 Å². The first kappa shape index (κ1) is 18.3. The van der Waals surface area contributed by atoms with Crippen LogP contribution in [0.2, 0.25) is 5.02 Å². The Morgan fingerprint density at radius 1 is 1.27 bits per heavy atom.